The number of ether oxygens (including phenoxy) is 3. The number of anilines is 1. The number of amides is 1. The zero-order valence-corrected chi connectivity index (χ0v) is 17.4. The Kier molecular flexibility index (Phi) is 8.07. The summed E-state index contributed by atoms with van der Waals surface area (Å²) in [5.74, 6) is -1.02. The zero-order valence-electron chi connectivity index (χ0n) is 16.6. The van der Waals surface area contributed by atoms with Crippen LogP contribution >= 0.6 is 12.2 Å². The molecule has 0 aliphatic heterocycles. The molecule has 0 saturated heterocycles. The van der Waals surface area contributed by atoms with E-state index in [0.29, 0.717) is 11.4 Å². The van der Waals surface area contributed by atoms with Gasteiger partial charge < -0.3 is 19.5 Å². The maximum atomic E-state index is 12.1. The van der Waals surface area contributed by atoms with Gasteiger partial charge in [-0.05, 0) is 54.2 Å². The van der Waals surface area contributed by atoms with Crippen molar-refractivity contribution in [2.45, 2.75) is 0 Å². The maximum absolute atomic E-state index is 12.1. The van der Waals surface area contributed by atoms with E-state index < -0.39 is 17.8 Å². The minimum atomic E-state index is -0.638. The molecule has 0 heterocycles. The predicted molar refractivity (Wildman–Crippen MR) is 116 cm³/mol. The molecule has 0 fully saturated rings. The van der Waals surface area contributed by atoms with Gasteiger partial charge in [-0.25, -0.2) is 9.59 Å². The van der Waals surface area contributed by atoms with Gasteiger partial charge in [0.25, 0.3) is 0 Å². The van der Waals surface area contributed by atoms with Crippen molar-refractivity contribution in [3.63, 3.8) is 0 Å². The topological polar surface area (TPSA) is 103 Å². The van der Waals surface area contributed by atoms with Crippen molar-refractivity contribution < 1.29 is 28.6 Å². The Morgan fingerprint density at radius 1 is 0.900 bits per heavy atom. The molecule has 0 spiro atoms. The molecule has 9 heteroatoms. The predicted octanol–water partition coefficient (Wildman–Crippen LogP) is 2.79. The van der Waals surface area contributed by atoms with Crippen LogP contribution < -0.4 is 15.4 Å². The minimum absolute atomic E-state index is 0.0165. The van der Waals surface area contributed by atoms with E-state index in [1.165, 1.54) is 38.5 Å². The number of rotatable bonds is 6. The van der Waals surface area contributed by atoms with Crippen molar-refractivity contribution in [2.75, 3.05) is 26.6 Å². The Balaban J connectivity index is 2.06. The minimum Gasteiger partial charge on any atom is -0.497 e. The molecule has 0 aliphatic carbocycles. The molecule has 0 bridgehead atoms. The molecular formula is C21H20N2O6S. The summed E-state index contributed by atoms with van der Waals surface area (Å²) < 4.78 is 14.4. The van der Waals surface area contributed by atoms with Gasteiger partial charge in [0.2, 0.25) is 5.91 Å². The van der Waals surface area contributed by atoms with Crippen LogP contribution in [0.2, 0.25) is 0 Å². The molecule has 0 saturated carbocycles. The first-order valence-corrected chi connectivity index (χ1v) is 9.03. The number of methoxy groups -OCH3 is 3. The third-order valence-electron chi connectivity index (χ3n) is 3.81. The molecule has 0 aliphatic rings. The number of nitrogens with one attached hydrogen (secondary N) is 2. The smallest absolute Gasteiger partial charge is 0.337 e. The summed E-state index contributed by atoms with van der Waals surface area (Å²) in [6, 6.07) is 11.3. The average molecular weight is 428 g/mol. The van der Waals surface area contributed by atoms with Crippen LogP contribution in [0, 0.1) is 0 Å². The van der Waals surface area contributed by atoms with E-state index in [-0.39, 0.29) is 16.2 Å². The van der Waals surface area contributed by atoms with Crippen molar-refractivity contribution in [3.05, 3.63) is 65.2 Å². The summed E-state index contributed by atoms with van der Waals surface area (Å²) in [5.41, 5.74) is 1.36. The highest BCUT2D eigenvalue weighted by atomic mass is 32.1. The van der Waals surface area contributed by atoms with Crippen LogP contribution in [0.5, 0.6) is 5.75 Å². The van der Waals surface area contributed by atoms with Gasteiger partial charge in [0, 0.05) is 11.8 Å². The number of thiocarbonyl (C=S) groups is 1. The van der Waals surface area contributed by atoms with Gasteiger partial charge >= 0.3 is 11.9 Å². The Bertz CT molecular complexity index is 951. The fourth-order valence-corrected chi connectivity index (χ4v) is 2.59. The monoisotopic (exact) mass is 428 g/mol. The van der Waals surface area contributed by atoms with E-state index in [9.17, 15) is 14.4 Å². The van der Waals surface area contributed by atoms with Crippen LogP contribution in [-0.4, -0.2) is 44.3 Å². The molecule has 156 valence electrons. The lowest BCUT2D eigenvalue weighted by atomic mass is 10.1. The highest BCUT2D eigenvalue weighted by Gasteiger charge is 2.14. The van der Waals surface area contributed by atoms with Gasteiger partial charge in [-0.1, -0.05) is 12.1 Å². The van der Waals surface area contributed by atoms with E-state index in [4.69, 9.17) is 17.0 Å². The summed E-state index contributed by atoms with van der Waals surface area (Å²) in [7, 11) is 4.02. The van der Waals surface area contributed by atoms with Crippen LogP contribution in [0.4, 0.5) is 5.69 Å². The van der Waals surface area contributed by atoms with Gasteiger partial charge in [-0.2, -0.15) is 0 Å². The summed E-state index contributed by atoms with van der Waals surface area (Å²) >= 11 is 5.12. The molecule has 0 aromatic heterocycles. The Morgan fingerprint density at radius 3 is 1.97 bits per heavy atom. The quantitative estimate of drug-likeness (QED) is 0.411. The SMILES string of the molecule is COC(=O)c1cc(NC(=S)NC(=O)/C=C/c2ccc(OC)cc2)cc(C(=O)OC)c1. The Labute approximate surface area is 178 Å². The van der Waals surface area contributed by atoms with E-state index in [2.05, 4.69) is 20.1 Å². The third-order valence-corrected chi connectivity index (χ3v) is 4.02. The van der Waals surface area contributed by atoms with Gasteiger partial charge in [0.05, 0.1) is 32.5 Å². The number of esters is 2. The second-order valence-electron chi connectivity index (χ2n) is 5.83. The molecule has 0 unspecified atom stereocenters. The highest BCUT2D eigenvalue weighted by molar-refractivity contribution is 7.80. The largest absolute Gasteiger partial charge is 0.497 e. The lowest BCUT2D eigenvalue weighted by Gasteiger charge is -2.11. The van der Waals surface area contributed by atoms with Crippen LogP contribution in [-0.2, 0) is 14.3 Å². The summed E-state index contributed by atoms with van der Waals surface area (Å²) in [6.45, 7) is 0. The van der Waals surface area contributed by atoms with Gasteiger partial charge in [-0.3, -0.25) is 10.1 Å². The van der Waals surface area contributed by atoms with Crippen molar-refractivity contribution in [1.82, 2.24) is 5.32 Å². The van der Waals surface area contributed by atoms with Crippen molar-refractivity contribution in [3.8, 4) is 5.75 Å². The molecule has 2 rings (SSSR count). The van der Waals surface area contributed by atoms with Crippen LogP contribution in [0.15, 0.2) is 48.5 Å². The number of hydrogen-bond donors (Lipinski definition) is 2. The van der Waals surface area contributed by atoms with Crippen molar-refractivity contribution >= 4 is 46.9 Å². The summed E-state index contributed by atoms with van der Waals surface area (Å²) in [4.78, 5) is 35.7. The number of carbonyl (C=O) groups is 3. The first-order chi connectivity index (χ1) is 14.4. The number of carbonyl (C=O) groups excluding carboxylic acids is 3. The van der Waals surface area contributed by atoms with Gasteiger partial charge in [0.1, 0.15) is 5.75 Å². The molecule has 0 radical (unpaired) electrons. The zero-order chi connectivity index (χ0) is 22.1. The first-order valence-electron chi connectivity index (χ1n) is 8.62. The third kappa shape index (κ3) is 6.42. The average Bonchev–Trinajstić information content (AvgIpc) is 2.76. The lowest BCUT2D eigenvalue weighted by molar-refractivity contribution is -0.115. The molecule has 8 nitrogen and oxygen atoms in total. The number of benzene rings is 2. The summed E-state index contributed by atoms with van der Waals surface area (Å²) in [6.07, 6.45) is 2.94. The van der Waals surface area contributed by atoms with Crippen molar-refractivity contribution in [2.24, 2.45) is 0 Å². The standard InChI is InChI=1S/C21H20N2O6S/c1-27-17-7-4-13(5-8-17)6-9-18(24)23-21(30)22-16-11-14(19(25)28-2)10-15(12-16)20(26)29-3/h4-12H,1-3H3,(H2,22,23,24,30)/b9-6+. The fourth-order valence-electron chi connectivity index (χ4n) is 2.37. The van der Waals surface area contributed by atoms with E-state index in [1.54, 1.807) is 37.5 Å². The second-order valence-corrected chi connectivity index (χ2v) is 6.24. The normalized spacial score (nSPS) is 10.2. The molecule has 2 aromatic carbocycles. The molecule has 2 aromatic rings. The molecule has 0 atom stereocenters. The van der Waals surface area contributed by atoms with Crippen LogP contribution in [0.1, 0.15) is 26.3 Å². The van der Waals surface area contributed by atoms with Crippen molar-refractivity contribution in [1.29, 1.82) is 0 Å². The van der Waals surface area contributed by atoms with Crippen LogP contribution in [0.3, 0.4) is 0 Å². The molecule has 30 heavy (non-hydrogen) atoms. The van der Waals surface area contributed by atoms with Gasteiger partial charge in [0.15, 0.2) is 5.11 Å². The van der Waals surface area contributed by atoms with Gasteiger partial charge in [-0.15, -0.1) is 0 Å². The van der Waals surface area contributed by atoms with E-state index >= 15 is 0 Å². The molecular weight excluding hydrogens is 408 g/mol. The van der Waals surface area contributed by atoms with E-state index in [0.717, 1.165) is 5.56 Å². The maximum Gasteiger partial charge on any atom is 0.337 e. The second kappa shape index (κ2) is 10.7. The first kappa shape index (κ1) is 22.6. The molecule has 1 amide bonds. The Morgan fingerprint density at radius 2 is 1.47 bits per heavy atom. The van der Waals surface area contributed by atoms with E-state index in [1.807, 2.05) is 0 Å². The highest BCUT2D eigenvalue weighted by Crippen LogP contribution is 2.17. The summed E-state index contributed by atoms with van der Waals surface area (Å²) in [5, 5.41) is 5.23. The Hall–Kier alpha value is -3.72. The number of hydrogen-bond acceptors (Lipinski definition) is 7. The molecule has 2 N–H and O–H groups in total. The fraction of sp³-hybridized carbons (Fsp3) is 0.143. The van der Waals surface area contributed by atoms with Crippen LogP contribution in [0.25, 0.3) is 6.08 Å². The lowest BCUT2D eigenvalue weighted by Crippen LogP contribution is -2.33.